The zero-order valence-electron chi connectivity index (χ0n) is 12.9. The van der Waals surface area contributed by atoms with E-state index in [9.17, 15) is 14.0 Å². The van der Waals surface area contributed by atoms with E-state index in [1.54, 1.807) is 6.07 Å². The van der Waals surface area contributed by atoms with Gasteiger partial charge in [-0.25, -0.2) is 9.18 Å². The lowest BCUT2D eigenvalue weighted by atomic mass is 10.2. The minimum atomic E-state index is -1.02. The predicted molar refractivity (Wildman–Crippen MR) is 91.0 cm³/mol. The number of carbonyl (C=O) groups excluding carboxylic acids is 2. The molecule has 2 aromatic rings. The van der Waals surface area contributed by atoms with Crippen molar-refractivity contribution >= 4 is 27.9 Å². The Morgan fingerprint density at radius 2 is 1.92 bits per heavy atom. The number of rotatable bonds is 5. The number of nitrogens with one attached hydrogen (secondary N) is 2. The molecule has 0 radical (unpaired) electrons. The fourth-order valence-corrected chi connectivity index (χ4v) is 2.18. The van der Waals surface area contributed by atoms with E-state index >= 15 is 0 Å². The van der Waals surface area contributed by atoms with Gasteiger partial charge in [-0.15, -0.1) is 0 Å². The van der Waals surface area contributed by atoms with Crippen LogP contribution in [0.4, 0.5) is 9.18 Å². The van der Waals surface area contributed by atoms with Crippen LogP contribution in [0.2, 0.25) is 0 Å². The van der Waals surface area contributed by atoms with E-state index in [1.807, 2.05) is 30.3 Å². The Labute approximate surface area is 147 Å². The molecular formula is C17H16BrFN2O3. The molecule has 0 bridgehead atoms. The van der Waals surface area contributed by atoms with Crippen LogP contribution in [0.5, 0.6) is 5.75 Å². The Morgan fingerprint density at radius 1 is 1.21 bits per heavy atom. The molecule has 0 unspecified atom stereocenters. The molecule has 2 N–H and O–H groups in total. The van der Waals surface area contributed by atoms with Crippen LogP contribution < -0.4 is 15.4 Å². The third-order valence-electron chi connectivity index (χ3n) is 3.10. The highest BCUT2D eigenvalue weighted by molar-refractivity contribution is 9.10. The van der Waals surface area contributed by atoms with Crippen molar-refractivity contribution in [3.63, 3.8) is 0 Å². The van der Waals surface area contributed by atoms with Gasteiger partial charge in [0.05, 0.1) is 0 Å². The summed E-state index contributed by atoms with van der Waals surface area (Å²) in [7, 11) is 0. The standard InChI is InChI=1S/C17H16BrFN2O3/c1-11(24-15-8-7-13(18)9-14(15)19)16(22)21-17(23)20-10-12-5-3-2-4-6-12/h2-9,11H,10H2,1H3,(H2,20,21,22,23)/t11-/m1/s1. The van der Waals surface area contributed by atoms with Crippen LogP contribution in [0, 0.1) is 5.82 Å². The van der Waals surface area contributed by atoms with Gasteiger partial charge in [0.15, 0.2) is 17.7 Å². The molecule has 0 aliphatic rings. The number of hydrogen-bond acceptors (Lipinski definition) is 3. The van der Waals surface area contributed by atoms with Crippen LogP contribution in [0.1, 0.15) is 12.5 Å². The summed E-state index contributed by atoms with van der Waals surface area (Å²) in [6.07, 6.45) is -1.02. The van der Waals surface area contributed by atoms with Crippen LogP contribution in [0.3, 0.4) is 0 Å². The number of halogens is 2. The smallest absolute Gasteiger partial charge is 0.321 e. The highest BCUT2D eigenvalue weighted by Gasteiger charge is 2.19. The lowest BCUT2D eigenvalue weighted by molar-refractivity contribution is -0.126. The van der Waals surface area contributed by atoms with E-state index in [2.05, 4.69) is 26.6 Å². The Balaban J connectivity index is 1.83. The van der Waals surface area contributed by atoms with E-state index in [-0.39, 0.29) is 12.3 Å². The fourth-order valence-electron chi connectivity index (χ4n) is 1.85. The monoisotopic (exact) mass is 394 g/mol. The van der Waals surface area contributed by atoms with Gasteiger partial charge in [0.1, 0.15) is 0 Å². The Kier molecular flexibility index (Phi) is 6.31. The Morgan fingerprint density at radius 3 is 2.58 bits per heavy atom. The molecule has 2 rings (SSSR count). The Hall–Kier alpha value is -2.41. The summed E-state index contributed by atoms with van der Waals surface area (Å²) in [6.45, 7) is 1.72. The number of ether oxygens (including phenoxy) is 1. The van der Waals surface area contributed by atoms with E-state index < -0.39 is 23.9 Å². The van der Waals surface area contributed by atoms with Crippen LogP contribution in [-0.4, -0.2) is 18.0 Å². The number of imide groups is 1. The first-order valence-corrected chi connectivity index (χ1v) is 7.99. The van der Waals surface area contributed by atoms with Gasteiger partial charge in [0.25, 0.3) is 5.91 Å². The van der Waals surface area contributed by atoms with Gasteiger partial charge in [-0.2, -0.15) is 0 Å². The van der Waals surface area contributed by atoms with Crippen molar-refractivity contribution in [2.45, 2.75) is 19.6 Å². The van der Waals surface area contributed by atoms with Gasteiger partial charge in [0, 0.05) is 11.0 Å². The molecule has 126 valence electrons. The minimum absolute atomic E-state index is 0.0643. The summed E-state index contributed by atoms with van der Waals surface area (Å²) < 4.78 is 19.5. The second kappa shape index (κ2) is 8.44. The lowest BCUT2D eigenvalue weighted by Crippen LogP contribution is -2.44. The van der Waals surface area contributed by atoms with Crippen LogP contribution >= 0.6 is 15.9 Å². The molecule has 5 nitrogen and oxygen atoms in total. The number of carbonyl (C=O) groups is 2. The van der Waals surface area contributed by atoms with Crippen molar-refractivity contribution in [1.29, 1.82) is 0 Å². The van der Waals surface area contributed by atoms with Crippen molar-refractivity contribution in [3.8, 4) is 5.75 Å². The first kappa shape index (κ1) is 17.9. The molecule has 0 spiro atoms. The molecule has 0 saturated carbocycles. The third-order valence-corrected chi connectivity index (χ3v) is 3.59. The third kappa shape index (κ3) is 5.34. The molecule has 0 aromatic heterocycles. The maximum absolute atomic E-state index is 13.7. The maximum Gasteiger partial charge on any atom is 0.321 e. The first-order chi connectivity index (χ1) is 11.5. The summed E-state index contributed by atoms with van der Waals surface area (Å²) in [5, 5.41) is 4.72. The molecule has 3 amide bonds. The quantitative estimate of drug-likeness (QED) is 0.816. The fraction of sp³-hybridized carbons (Fsp3) is 0.176. The van der Waals surface area contributed by atoms with E-state index in [4.69, 9.17) is 4.74 Å². The van der Waals surface area contributed by atoms with E-state index in [1.165, 1.54) is 19.1 Å². The number of benzene rings is 2. The molecule has 0 heterocycles. The van der Waals surface area contributed by atoms with E-state index in [0.29, 0.717) is 4.47 Å². The molecule has 0 saturated heterocycles. The molecule has 0 fully saturated rings. The summed E-state index contributed by atoms with van der Waals surface area (Å²) in [4.78, 5) is 23.6. The summed E-state index contributed by atoms with van der Waals surface area (Å²) in [6, 6.07) is 12.9. The van der Waals surface area contributed by atoms with Crippen LogP contribution in [0.25, 0.3) is 0 Å². The molecule has 24 heavy (non-hydrogen) atoms. The highest BCUT2D eigenvalue weighted by atomic mass is 79.9. The van der Waals surface area contributed by atoms with Gasteiger partial charge < -0.3 is 10.1 Å². The zero-order valence-corrected chi connectivity index (χ0v) is 14.5. The predicted octanol–water partition coefficient (Wildman–Crippen LogP) is 3.38. The lowest BCUT2D eigenvalue weighted by Gasteiger charge is -2.15. The summed E-state index contributed by atoms with van der Waals surface area (Å²) in [5.74, 6) is -1.33. The SMILES string of the molecule is C[C@@H](Oc1ccc(Br)cc1F)C(=O)NC(=O)NCc1ccccc1. The second-order valence-electron chi connectivity index (χ2n) is 4.99. The average molecular weight is 395 g/mol. The molecule has 7 heteroatoms. The zero-order chi connectivity index (χ0) is 17.5. The largest absolute Gasteiger partial charge is 0.478 e. The number of urea groups is 1. The maximum atomic E-state index is 13.7. The van der Waals surface area contributed by atoms with Gasteiger partial charge in [0.2, 0.25) is 0 Å². The van der Waals surface area contributed by atoms with Crippen molar-refractivity contribution in [2.24, 2.45) is 0 Å². The van der Waals surface area contributed by atoms with Crippen molar-refractivity contribution in [3.05, 3.63) is 64.4 Å². The summed E-state index contributed by atoms with van der Waals surface area (Å²) in [5.41, 5.74) is 0.904. The average Bonchev–Trinajstić information content (AvgIpc) is 2.56. The van der Waals surface area contributed by atoms with Crippen LogP contribution in [0.15, 0.2) is 53.0 Å². The van der Waals surface area contributed by atoms with Gasteiger partial charge in [-0.05, 0) is 30.7 Å². The topological polar surface area (TPSA) is 67.4 Å². The molecule has 1 atom stereocenters. The van der Waals surface area contributed by atoms with Crippen molar-refractivity contribution in [1.82, 2.24) is 10.6 Å². The normalized spacial score (nSPS) is 11.5. The Bertz CT molecular complexity index is 725. The minimum Gasteiger partial charge on any atom is -0.478 e. The van der Waals surface area contributed by atoms with Crippen molar-refractivity contribution in [2.75, 3.05) is 0 Å². The highest BCUT2D eigenvalue weighted by Crippen LogP contribution is 2.22. The first-order valence-electron chi connectivity index (χ1n) is 7.20. The van der Waals surface area contributed by atoms with Crippen molar-refractivity contribution < 1.29 is 18.7 Å². The van der Waals surface area contributed by atoms with E-state index in [0.717, 1.165) is 5.56 Å². The van der Waals surface area contributed by atoms with Crippen LogP contribution in [-0.2, 0) is 11.3 Å². The van der Waals surface area contributed by atoms with Gasteiger partial charge >= 0.3 is 6.03 Å². The molecule has 2 aromatic carbocycles. The number of hydrogen-bond donors (Lipinski definition) is 2. The molecule has 0 aliphatic heterocycles. The summed E-state index contributed by atoms with van der Waals surface area (Å²) >= 11 is 3.13. The van der Waals surface area contributed by atoms with Gasteiger partial charge in [-0.3, -0.25) is 10.1 Å². The molecular weight excluding hydrogens is 379 g/mol. The second-order valence-corrected chi connectivity index (χ2v) is 5.91. The van der Waals surface area contributed by atoms with Gasteiger partial charge in [-0.1, -0.05) is 46.3 Å². The molecule has 0 aliphatic carbocycles. The number of amides is 3.